The van der Waals surface area contributed by atoms with Gasteiger partial charge in [0.2, 0.25) is 5.88 Å². The largest absolute Gasteiger partial charge is 0.494 e. The van der Waals surface area contributed by atoms with Crippen LogP contribution in [-0.4, -0.2) is 14.7 Å². The highest BCUT2D eigenvalue weighted by Gasteiger charge is 2.14. The minimum Gasteiger partial charge on any atom is -0.494 e. The highest BCUT2D eigenvalue weighted by atomic mass is 32.1. The van der Waals surface area contributed by atoms with Crippen LogP contribution in [0.3, 0.4) is 0 Å². The van der Waals surface area contributed by atoms with Crippen LogP contribution in [0, 0.1) is 0 Å². The van der Waals surface area contributed by atoms with Crippen LogP contribution >= 0.6 is 11.3 Å². The summed E-state index contributed by atoms with van der Waals surface area (Å²) >= 11 is 1.61. The molecule has 0 saturated heterocycles. The van der Waals surface area contributed by atoms with Crippen LogP contribution in [0.1, 0.15) is 35.6 Å². The van der Waals surface area contributed by atoms with Crippen LogP contribution in [0.5, 0.6) is 5.88 Å². The minimum absolute atomic E-state index is 0.216. The second-order valence-corrected chi connectivity index (χ2v) is 5.87. The molecule has 0 aromatic carbocycles. The molecule has 2 aromatic heterocycles. The van der Waals surface area contributed by atoms with Gasteiger partial charge in [-0.05, 0) is 25.0 Å². The lowest BCUT2D eigenvalue weighted by Crippen LogP contribution is -2.32. The SMILES string of the molecule is CCCc1c(O)n(Cc2ccc(CC)s2)c(=O)[nH]c1=O. The summed E-state index contributed by atoms with van der Waals surface area (Å²) in [6.45, 7) is 4.27. The number of aromatic nitrogens is 2. The molecule has 2 aromatic rings. The Balaban J connectivity index is 2.43. The highest BCUT2D eigenvalue weighted by molar-refractivity contribution is 7.11. The van der Waals surface area contributed by atoms with Crippen molar-refractivity contribution in [1.82, 2.24) is 9.55 Å². The molecule has 0 radical (unpaired) electrons. The van der Waals surface area contributed by atoms with E-state index in [0.29, 0.717) is 6.42 Å². The number of H-pyrrole nitrogens is 1. The van der Waals surface area contributed by atoms with E-state index in [1.165, 1.54) is 9.44 Å². The van der Waals surface area contributed by atoms with Gasteiger partial charge in [0.1, 0.15) is 0 Å². The third-order valence-electron chi connectivity index (χ3n) is 3.15. The number of thiophene rings is 1. The number of hydrogen-bond donors (Lipinski definition) is 2. The van der Waals surface area contributed by atoms with Gasteiger partial charge in [-0.15, -0.1) is 11.3 Å². The monoisotopic (exact) mass is 294 g/mol. The molecule has 0 aliphatic rings. The smallest absolute Gasteiger partial charge is 0.331 e. The first-order chi connectivity index (χ1) is 9.56. The topological polar surface area (TPSA) is 75.1 Å². The molecule has 0 bridgehead atoms. The Morgan fingerprint density at radius 1 is 1.25 bits per heavy atom. The van der Waals surface area contributed by atoms with Gasteiger partial charge in [-0.3, -0.25) is 14.3 Å². The van der Waals surface area contributed by atoms with Gasteiger partial charge in [0, 0.05) is 9.75 Å². The number of rotatable bonds is 5. The molecule has 0 aliphatic heterocycles. The van der Waals surface area contributed by atoms with Crippen LogP contribution in [0.4, 0.5) is 0 Å². The maximum Gasteiger partial charge on any atom is 0.331 e. The summed E-state index contributed by atoms with van der Waals surface area (Å²) in [7, 11) is 0. The number of aryl methyl sites for hydroxylation is 1. The lowest BCUT2D eigenvalue weighted by atomic mass is 10.2. The van der Waals surface area contributed by atoms with Gasteiger partial charge < -0.3 is 5.11 Å². The van der Waals surface area contributed by atoms with Gasteiger partial charge in [-0.2, -0.15) is 0 Å². The van der Waals surface area contributed by atoms with E-state index in [1.807, 2.05) is 19.1 Å². The number of nitrogens with zero attached hydrogens (tertiary/aromatic N) is 1. The summed E-state index contributed by atoms with van der Waals surface area (Å²) < 4.78 is 1.22. The Bertz CT molecular complexity index is 712. The molecule has 0 amide bonds. The quantitative estimate of drug-likeness (QED) is 0.884. The van der Waals surface area contributed by atoms with Crippen molar-refractivity contribution in [1.29, 1.82) is 0 Å². The molecule has 0 atom stereocenters. The average Bonchev–Trinajstić information content (AvgIpc) is 2.87. The predicted molar refractivity (Wildman–Crippen MR) is 79.8 cm³/mol. The summed E-state index contributed by atoms with van der Waals surface area (Å²) in [5.41, 5.74) is -0.788. The molecule has 20 heavy (non-hydrogen) atoms. The Kier molecular flexibility index (Phi) is 4.44. The van der Waals surface area contributed by atoms with Crippen molar-refractivity contribution in [3.8, 4) is 5.88 Å². The Hall–Kier alpha value is -1.82. The van der Waals surface area contributed by atoms with Crippen LogP contribution in [0.25, 0.3) is 0 Å². The van der Waals surface area contributed by atoms with Crippen molar-refractivity contribution in [2.75, 3.05) is 0 Å². The van der Waals surface area contributed by atoms with Crippen LogP contribution in [0.2, 0.25) is 0 Å². The van der Waals surface area contributed by atoms with Crippen molar-refractivity contribution < 1.29 is 5.11 Å². The third kappa shape index (κ3) is 2.85. The zero-order valence-corrected chi connectivity index (χ0v) is 12.4. The molecule has 0 spiro atoms. The van der Waals surface area contributed by atoms with E-state index in [0.717, 1.165) is 17.7 Å². The molecule has 2 N–H and O–H groups in total. The zero-order valence-electron chi connectivity index (χ0n) is 11.6. The molecule has 6 heteroatoms. The van der Waals surface area contributed by atoms with Crippen molar-refractivity contribution in [3.05, 3.63) is 48.3 Å². The maximum absolute atomic E-state index is 11.9. The van der Waals surface area contributed by atoms with Gasteiger partial charge in [0.15, 0.2) is 0 Å². The summed E-state index contributed by atoms with van der Waals surface area (Å²) in [5, 5.41) is 10.2. The van der Waals surface area contributed by atoms with E-state index in [4.69, 9.17) is 0 Å². The van der Waals surface area contributed by atoms with E-state index in [9.17, 15) is 14.7 Å². The van der Waals surface area contributed by atoms with Gasteiger partial charge in [-0.1, -0.05) is 20.3 Å². The standard InChI is InChI=1S/C14H18N2O3S/c1-3-5-11-12(17)15-14(19)16(13(11)18)8-10-7-6-9(4-2)20-10/h6-7,18H,3-5,8H2,1-2H3,(H,15,17,19). The molecule has 2 heterocycles. The fraction of sp³-hybridized carbons (Fsp3) is 0.429. The molecule has 0 saturated carbocycles. The molecule has 0 unspecified atom stereocenters. The third-order valence-corrected chi connectivity index (χ3v) is 4.36. The summed E-state index contributed by atoms with van der Waals surface area (Å²) in [6.07, 6.45) is 2.12. The average molecular weight is 294 g/mol. The second kappa shape index (κ2) is 6.09. The summed E-state index contributed by atoms with van der Waals surface area (Å²) in [5.74, 6) is -0.216. The first-order valence-corrected chi connectivity index (χ1v) is 7.51. The molecule has 2 rings (SSSR count). The summed E-state index contributed by atoms with van der Waals surface area (Å²) in [6, 6.07) is 3.96. The first kappa shape index (κ1) is 14.6. The fourth-order valence-electron chi connectivity index (χ4n) is 2.08. The lowest BCUT2D eigenvalue weighted by Gasteiger charge is -2.09. The van der Waals surface area contributed by atoms with Crippen molar-refractivity contribution >= 4 is 11.3 Å². The molecule has 0 aliphatic carbocycles. The fourth-order valence-corrected chi connectivity index (χ4v) is 3.02. The maximum atomic E-state index is 11.9. The predicted octanol–water partition coefficient (Wildman–Crippen LogP) is 1.87. The van der Waals surface area contributed by atoms with Crippen LogP contribution in [-0.2, 0) is 19.4 Å². The molecular formula is C14H18N2O3S. The van der Waals surface area contributed by atoms with E-state index in [-0.39, 0.29) is 18.0 Å². The van der Waals surface area contributed by atoms with Crippen LogP contribution in [0.15, 0.2) is 21.7 Å². The van der Waals surface area contributed by atoms with E-state index in [2.05, 4.69) is 11.9 Å². The van der Waals surface area contributed by atoms with E-state index >= 15 is 0 Å². The Labute approximate surface area is 120 Å². The van der Waals surface area contributed by atoms with Crippen molar-refractivity contribution in [3.63, 3.8) is 0 Å². The molecule has 0 fully saturated rings. The number of aromatic hydroxyl groups is 1. The first-order valence-electron chi connectivity index (χ1n) is 6.69. The van der Waals surface area contributed by atoms with Crippen molar-refractivity contribution in [2.24, 2.45) is 0 Å². The minimum atomic E-state index is -0.571. The molecule has 108 valence electrons. The van der Waals surface area contributed by atoms with E-state index < -0.39 is 11.2 Å². The normalized spacial score (nSPS) is 10.9. The van der Waals surface area contributed by atoms with Crippen LogP contribution < -0.4 is 11.2 Å². The summed E-state index contributed by atoms with van der Waals surface area (Å²) in [4.78, 5) is 28.0. The number of nitrogens with one attached hydrogen (secondary N) is 1. The molecular weight excluding hydrogens is 276 g/mol. The Morgan fingerprint density at radius 2 is 1.95 bits per heavy atom. The van der Waals surface area contributed by atoms with Crippen molar-refractivity contribution in [2.45, 2.75) is 39.7 Å². The Morgan fingerprint density at radius 3 is 2.55 bits per heavy atom. The zero-order chi connectivity index (χ0) is 14.7. The van der Waals surface area contributed by atoms with Gasteiger partial charge >= 0.3 is 5.69 Å². The van der Waals surface area contributed by atoms with Gasteiger partial charge in [0.25, 0.3) is 5.56 Å². The van der Waals surface area contributed by atoms with Gasteiger partial charge in [-0.25, -0.2) is 4.79 Å². The van der Waals surface area contributed by atoms with E-state index in [1.54, 1.807) is 11.3 Å². The number of hydrogen-bond acceptors (Lipinski definition) is 4. The number of aromatic amines is 1. The highest BCUT2D eigenvalue weighted by Crippen LogP contribution is 2.20. The van der Waals surface area contributed by atoms with Gasteiger partial charge in [0.05, 0.1) is 12.1 Å². The molecule has 5 nitrogen and oxygen atoms in total. The lowest BCUT2D eigenvalue weighted by molar-refractivity contribution is 0.401. The second-order valence-electron chi connectivity index (χ2n) is 4.62.